The van der Waals surface area contributed by atoms with Gasteiger partial charge in [-0.1, -0.05) is 133 Å². The quantitative estimate of drug-likeness (QED) is 0.0326. The Kier molecular flexibility index (Phi) is 18.6. The maximum atomic E-state index is 14.9. The second-order valence-electron chi connectivity index (χ2n) is 17.4. The number of nitrogen functional groups attached to an aromatic ring is 1. The van der Waals surface area contributed by atoms with E-state index in [0.717, 1.165) is 31.7 Å². The van der Waals surface area contributed by atoms with Crippen LogP contribution in [0.3, 0.4) is 0 Å². The van der Waals surface area contributed by atoms with Gasteiger partial charge in [-0.3, -0.25) is 9.05 Å². The Bertz CT molecular complexity index is 2290. The molecule has 2 fully saturated rings. The average molecular weight is 937 g/mol. The lowest BCUT2D eigenvalue weighted by molar-refractivity contribution is -0.204. The SMILES string of the molecule is [C-]#[N+]c1cc(F)cc(COC(CCCCCCCCCCCCCCCCC)COP(=O)(OC[C@@]2(C#N)O[C@@H](c3ccc4c(N)ncnn34)[C@@H]3OC(C)(C)O[C@@H]32)Oc2ccccc2Cl)c1. The molecule has 65 heavy (non-hydrogen) atoms. The van der Waals surface area contributed by atoms with Crippen molar-refractivity contribution in [3.8, 4) is 11.8 Å². The van der Waals surface area contributed by atoms with Gasteiger partial charge in [0.1, 0.15) is 54.4 Å². The normalized spacial score (nSPS) is 21.4. The molecule has 0 spiro atoms. The highest BCUT2D eigenvalue weighted by Crippen LogP contribution is 2.55. The highest BCUT2D eigenvalue weighted by molar-refractivity contribution is 7.49. The first kappa shape index (κ1) is 50.3. The lowest BCUT2D eigenvalue weighted by Gasteiger charge is -2.30. The van der Waals surface area contributed by atoms with Crippen LogP contribution in [-0.2, 0) is 39.2 Å². The van der Waals surface area contributed by atoms with Crippen molar-refractivity contribution in [1.82, 2.24) is 14.6 Å². The van der Waals surface area contributed by atoms with Crippen LogP contribution in [0.5, 0.6) is 5.75 Å². The van der Waals surface area contributed by atoms with Crippen molar-refractivity contribution < 1.29 is 41.5 Å². The van der Waals surface area contributed by atoms with Crippen LogP contribution in [0.1, 0.15) is 141 Å². The van der Waals surface area contributed by atoms with E-state index in [9.17, 15) is 14.2 Å². The summed E-state index contributed by atoms with van der Waals surface area (Å²) in [5, 5.41) is 15.4. The molecule has 2 aromatic carbocycles. The molecule has 4 heterocycles. The Labute approximate surface area is 387 Å². The molecule has 2 N–H and O–H groups in total. The minimum Gasteiger partial charge on any atom is -0.402 e. The number of nitriles is 1. The summed E-state index contributed by atoms with van der Waals surface area (Å²) in [6.07, 6.45) is 16.7. The van der Waals surface area contributed by atoms with Crippen LogP contribution < -0.4 is 10.3 Å². The van der Waals surface area contributed by atoms with Crippen LogP contribution in [0.2, 0.25) is 5.02 Å². The number of hydrogen-bond donors (Lipinski definition) is 1. The molecule has 0 saturated carbocycles. The summed E-state index contributed by atoms with van der Waals surface area (Å²) in [7, 11) is -4.65. The molecule has 0 radical (unpaired) electrons. The zero-order chi connectivity index (χ0) is 46.3. The maximum absolute atomic E-state index is 14.9. The van der Waals surface area contributed by atoms with Crippen molar-refractivity contribution in [2.75, 3.05) is 18.9 Å². The lowest BCUT2D eigenvalue weighted by atomic mass is 9.96. The van der Waals surface area contributed by atoms with Crippen molar-refractivity contribution in [2.45, 2.75) is 166 Å². The van der Waals surface area contributed by atoms with Crippen molar-refractivity contribution in [3.05, 3.63) is 94.4 Å². The van der Waals surface area contributed by atoms with Gasteiger partial charge in [0.2, 0.25) is 5.60 Å². The number of ether oxygens (including phenoxy) is 4. The van der Waals surface area contributed by atoms with Gasteiger partial charge in [-0.15, -0.1) is 0 Å². The molecule has 6 rings (SSSR count). The Morgan fingerprint density at radius 1 is 0.954 bits per heavy atom. The third-order valence-electron chi connectivity index (χ3n) is 11.8. The molecule has 6 atom stereocenters. The molecule has 0 bridgehead atoms. The molecule has 4 aromatic rings. The summed E-state index contributed by atoms with van der Waals surface area (Å²) in [5.74, 6) is -1.40. The number of rotatable bonds is 28. The number of nitrogens with zero attached hydrogens (tertiary/aromatic N) is 5. The highest BCUT2D eigenvalue weighted by Gasteiger charge is 2.65. The number of para-hydroxylation sites is 1. The summed E-state index contributed by atoms with van der Waals surface area (Å²) >= 11 is 6.48. The topological polar surface area (TPSA) is 166 Å². The maximum Gasteiger partial charge on any atom is 0.530 e. The van der Waals surface area contributed by atoms with E-state index in [2.05, 4.69) is 27.9 Å². The second kappa shape index (κ2) is 24.0. The van der Waals surface area contributed by atoms with E-state index in [1.807, 2.05) is 0 Å². The molecule has 2 aliphatic heterocycles. The first-order valence-electron chi connectivity index (χ1n) is 23.0. The molecule has 0 aliphatic carbocycles. The fourth-order valence-electron chi connectivity index (χ4n) is 8.42. The summed E-state index contributed by atoms with van der Waals surface area (Å²) in [4.78, 5) is 7.44. The molecule has 2 unspecified atom stereocenters. The van der Waals surface area contributed by atoms with Gasteiger partial charge in [0.15, 0.2) is 17.3 Å². The Morgan fingerprint density at radius 3 is 2.29 bits per heavy atom. The molecular weight excluding hydrogens is 874 g/mol. The van der Waals surface area contributed by atoms with Crippen molar-refractivity contribution in [1.29, 1.82) is 5.26 Å². The summed E-state index contributed by atoms with van der Waals surface area (Å²) in [5.41, 5.74) is 5.92. The van der Waals surface area contributed by atoms with Gasteiger partial charge in [0.25, 0.3) is 0 Å². The van der Waals surface area contributed by atoms with E-state index in [1.165, 1.54) is 89.1 Å². The van der Waals surface area contributed by atoms with E-state index < -0.39 is 56.1 Å². The van der Waals surface area contributed by atoms with Crippen molar-refractivity contribution in [3.63, 3.8) is 0 Å². The largest absolute Gasteiger partial charge is 0.530 e. The minimum absolute atomic E-state index is 0.0245. The van der Waals surface area contributed by atoms with Crippen LogP contribution in [0.25, 0.3) is 10.4 Å². The van der Waals surface area contributed by atoms with E-state index >= 15 is 0 Å². The van der Waals surface area contributed by atoms with Crippen LogP contribution >= 0.6 is 19.4 Å². The van der Waals surface area contributed by atoms with Crippen LogP contribution in [-0.4, -0.2) is 57.5 Å². The van der Waals surface area contributed by atoms with E-state index in [4.69, 9.17) is 56.4 Å². The van der Waals surface area contributed by atoms with Gasteiger partial charge in [0.05, 0.1) is 36.6 Å². The first-order chi connectivity index (χ1) is 31.4. The van der Waals surface area contributed by atoms with Gasteiger partial charge in [0, 0.05) is 0 Å². The molecule has 2 saturated heterocycles. The number of phosphoric acid groups is 1. The molecular formula is C48H63ClFN6O8P. The van der Waals surface area contributed by atoms with E-state index in [1.54, 1.807) is 54.8 Å². The summed E-state index contributed by atoms with van der Waals surface area (Å²) in [6.45, 7) is 12.2. The molecule has 352 valence electrons. The second-order valence-corrected chi connectivity index (χ2v) is 19.4. The van der Waals surface area contributed by atoms with E-state index in [-0.39, 0.29) is 35.5 Å². The molecule has 0 amide bonds. The fourth-order valence-corrected chi connectivity index (χ4v) is 9.93. The third-order valence-corrected chi connectivity index (χ3v) is 13.4. The minimum atomic E-state index is -4.65. The number of anilines is 1. The predicted molar refractivity (Wildman–Crippen MR) is 246 cm³/mol. The number of hydrogen-bond acceptors (Lipinski definition) is 12. The van der Waals surface area contributed by atoms with Crippen LogP contribution in [0.4, 0.5) is 15.9 Å². The Morgan fingerprint density at radius 2 is 1.63 bits per heavy atom. The van der Waals surface area contributed by atoms with Crippen molar-refractivity contribution in [2.24, 2.45) is 0 Å². The Hall–Kier alpha value is -4.15. The standard InChI is InChI=1S/C48H63ClFN6O8P/c1-5-6-7-8-9-10-11-12-13-14-15-16-17-18-19-22-38(58-30-35-27-36(50)29-37(28-35)53-4)31-59-65(57,64-42-24-21-20-23-39(42)49)60-33-48(32-51)45-44(61-47(2,3)63-45)43(62-48)40-25-26-41-46(52)54-34-55-56(40)41/h20-21,23-29,34,38,43-45H,5-19,22,30-31,33H2,1-3H3,(H2,52,54,55)/t38?,43-,44-,45-,48+,65?/m0/s1. The number of unbranched alkanes of at least 4 members (excludes halogenated alkanes) is 14. The van der Waals surface area contributed by atoms with Crippen LogP contribution in [0.15, 0.2) is 60.9 Å². The predicted octanol–water partition coefficient (Wildman–Crippen LogP) is 12.6. The van der Waals surface area contributed by atoms with Gasteiger partial charge in [-0.2, -0.15) is 10.4 Å². The third kappa shape index (κ3) is 13.9. The number of benzene rings is 2. The first-order valence-corrected chi connectivity index (χ1v) is 24.9. The van der Waals surface area contributed by atoms with Crippen LogP contribution in [0, 0.1) is 23.7 Å². The summed E-state index contributed by atoms with van der Waals surface area (Å²) in [6, 6.07) is 16.2. The number of nitrogens with two attached hydrogens (primary N) is 1. The molecule has 17 heteroatoms. The van der Waals surface area contributed by atoms with Gasteiger partial charge in [-0.25, -0.2) is 23.3 Å². The number of fused-ring (bicyclic) bond motifs is 2. The number of phosphoric ester groups is 1. The average Bonchev–Trinajstić information content (AvgIpc) is 3.95. The highest BCUT2D eigenvalue weighted by atomic mass is 35.5. The van der Waals surface area contributed by atoms with Gasteiger partial charge >= 0.3 is 7.82 Å². The number of aromatic nitrogens is 3. The number of halogens is 2. The fraction of sp³-hybridized carbons (Fsp3) is 0.583. The van der Waals surface area contributed by atoms with Crippen molar-refractivity contribution >= 4 is 36.4 Å². The monoisotopic (exact) mass is 936 g/mol. The van der Waals surface area contributed by atoms with Gasteiger partial charge < -0.3 is 29.2 Å². The lowest BCUT2D eigenvalue weighted by Crippen LogP contribution is -2.46. The zero-order valence-electron chi connectivity index (χ0n) is 37.8. The molecule has 14 nitrogen and oxygen atoms in total. The zero-order valence-corrected chi connectivity index (χ0v) is 39.5. The molecule has 2 aliphatic rings. The molecule has 2 aromatic heterocycles. The Balaban J connectivity index is 1.12. The smallest absolute Gasteiger partial charge is 0.402 e. The van der Waals surface area contributed by atoms with E-state index in [0.29, 0.717) is 23.2 Å². The van der Waals surface area contributed by atoms with Gasteiger partial charge in [-0.05, 0) is 62.2 Å². The summed E-state index contributed by atoms with van der Waals surface area (Å²) < 4.78 is 74.4.